The number of ether oxygens (including phenoxy) is 2. The van der Waals surface area contributed by atoms with Crippen LogP contribution in [0.2, 0.25) is 0 Å². The summed E-state index contributed by atoms with van der Waals surface area (Å²) < 4.78 is 10.6. The summed E-state index contributed by atoms with van der Waals surface area (Å²) in [5.41, 5.74) is 0.761. The fraction of sp³-hybridized carbons (Fsp3) is 0.462. The van der Waals surface area contributed by atoms with Gasteiger partial charge in [-0.1, -0.05) is 25.1 Å². The van der Waals surface area contributed by atoms with Gasteiger partial charge in [-0.2, -0.15) is 0 Å². The number of rotatable bonds is 5. The molecule has 98 valence electrons. The number of carbonyl (C=O) groups excluding carboxylic acids is 1. The van der Waals surface area contributed by atoms with Gasteiger partial charge in [0.05, 0.1) is 12.6 Å². The molecule has 2 atom stereocenters. The zero-order valence-electron chi connectivity index (χ0n) is 10.3. The van der Waals surface area contributed by atoms with E-state index in [1.54, 1.807) is 6.07 Å². The predicted octanol–water partition coefficient (Wildman–Crippen LogP) is 1.62. The lowest BCUT2D eigenvalue weighted by atomic mass is 10.1. The van der Waals surface area contributed by atoms with Gasteiger partial charge in [-0.15, -0.1) is 0 Å². The van der Waals surface area contributed by atoms with E-state index in [2.05, 4.69) is 5.32 Å². The van der Waals surface area contributed by atoms with Crippen LogP contribution in [0.4, 0.5) is 4.79 Å². The highest BCUT2D eigenvalue weighted by molar-refractivity contribution is 5.69. The molecule has 1 unspecified atom stereocenters. The lowest BCUT2D eigenvalue weighted by Crippen LogP contribution is -2.22. The first-order valence-electron chi connectivity index (χ1n) is 6.05. The first-order valence-corrected chi connectivity index (χ1v) is 6.05. The molecule has 1 amide bonds. The molecule has 5 nitrogen and oxygen atoms in total. The Bertz CT molecular complexity index is 421. The van der Waals surface area contributed by atoms with E-state index in [9.17, 15) is 9.90 Å². The molecule has 5 heteroatoms. The summed E-state index contributed by atoms with van der Waals surface area (Å²) in [5, 5.41) is 12.4. The van der Waals surface area contributed by atoms with Gasteiger partial charge in [0.2, 0.25) is 0 Å². The second-order valence-electron chi connectivity index (χ2n) is 4.18. The second kappa shape index (κ2) is 5.73. The Labute approximate surface area is 106 Å². The Morgan fingerprint density at radius 2 is 2.33 bits per heavy atom. The normalized spacial score (nSPS) is 20.1. The van der Waals surface area contributed by atoms with E-state index in [4.69, 9.17) is 9.47 Å². The molecule has 0 aliphatic carbocycles. The second-order valence-corrected chi connectivity index (χ2v) is 4.18. The van der Waals surface area contributed by atoms with Crippen molar-refractivity contribution in [1.82, 2.24) is 5.32 Å². The van der Waals surface area contributed by atoms with Gasteiger partial charge < -0.3 is 19.9 Å². The molecule has 1 fully saturated rings. The minimum absolute atomic E-state index is 0.274. The van der Waals surface area contributed by atoms with E-state index in [0.29, 0.717) is 18.7 Å². The van der Waals surface area contributed by atoms with Crippen molar-refractivity contribution >= 4 is 6.09 Å². The van der Waals surface area contributed by atoms with Gasteiger partial charge in [-0.3, -0.25) is 0 Å². The van der Waals surface area contributed by atoms with Crippen molar-refractivity contribution in [2.75, 3.05) is 13.2 Å². The van der Waals surface area contributed by atoms with E-state index in [1.165, 1.54) is 0 Å². The van der Waals surface area contributed by atoms with Crippen molar-refractivity contribution in [3.05, 3.63) is 29.8 Å². The monoisotopic (exact) mass is 251 g/mol. The van der Waals surface area contributed by atoms with Crippen molar-refractivity contribution in [3.8, 4) is 5.75 Å². The number of nitrogens with one attached hydrogen (secondary N) is 1. The molecule has 1 aliphatic heterocycles. The maximum atomic E-state index is 10.9. The smallest absolute Gasteiger partial charge is 0.407 e. The van der Waals surface area contributed by atoms with E-state index in [0.717, 1.165) is 5.56 Å². The summed E-state index contributed by atoms with van der Waals surface area (Å²) in [6.07, 6.45) is -0.597. The number of hydrogen-bond acceptors (Lipinski definition) is 4. The Morgan fingerprint density at radius 3 is 3.00 bits per heavy atom. The first kappa shape index (κ1) is 12.7. The van der Waals surface area contributed by atoms with Crippen LogP contribution in [0.15, 0.2) is 24.3 Å². The van der Waals surface area contributed by atoms with Crippen LogP contribution in [-0.4, -0.2) is 30.5 Å². The Hall–Kier alpha value is -1.75. The molecule has 0 radical (unpaired) electrons. The lowest BCUT2D eigenvalue weighted by Gasteiger charge is -2.16. The number of alkyl carbamates (subject to hydrolysis) is 1. The Kier molecular flexibility index (Phi) is 4.04. The Balaban J connectivity index is 1.98. The number of carbonyl (C=O) groups is 1. The molecule has 2 N–H and O–H groups in total. The molecule has 0 aromatic heterocycles. The van der Waals surface area contributed by atoms with Crippen LogP contribution in [0.3, 0.4) is 0 Å². The molecule has 1 aromatic carbocycles. The summed E-state index contributed by atoms with van der Waals surface area (Å²) in [6.45, 7) is 2.65. The van der Waals surface area contributed by atoms with E-state index >= 15 is 0 Å². The van der Waals surface area contributed by atoms with Crippen molar-refractivity contribution in [2.24, 2.45) is 0 Å². The first-order chi connectivity index (χ1) is 8.70. The standard InChI is InChI=1S/C13H17NO4/c1-2-11(15)10-5-3-4-6-12(10)17-8-9-7-14-13(16)18-9/h3-6,9,11,15H,2,7-8H2,1H3,(H,14,16)/t9?,11-/m1/s1. The van der Waals surface area contributed by atoms with Gasteiger partial charge in [0.1, 0.15) is 12.4 Å². The van der Waals surface area contributed by atoms with E-state index in [1.807, 2.05) is 25.1 Å². The molecular formula is C13H17NO4. The highest BCUT2D eigenvalue weighted by Gasteiger charge is 2.23. The SMILES string of the molecule is CC[C@@H](O)c1ccccc1OCC1CNC(=O)O1. The fourth-order valence-corrected chi connectivity index (χ4v) is 1.81. The molecule has 2 rings (SSSR count). The average molecular weight is 251 g/mol. The molecular weight excluding hydrogens is 234 g/mol. The van der Waals surface area contributed by atoms with Gasteiger partial charge in [-0.25, -0.2) is 4.79 Å². The average Bonchev–Trinajstić information content (AvgIpc) is 2.81. The van der Waals surface area contributed by atoms with Gasteiger partial charge in [0, 0.05) is 5.56 Å². The number of amides is 1. The third-order valence-electron chi connectivity index (χ3n) is 2.84. The zero-order valence-corrected chi connectivity index (χ0v) is 10.3. The van der Waals surface area contributed by atoms with Gasteiger partial charge in [0.25, 0.3) is 0 Å². The zero-order chi connectivity index (χ0) is 13.0. The fourth-order valence-electron chi connectivity index (χ4n) is 1.81. The molecule has 1 aliphatic rings. The van der Waals surface area contributed by atoms with Crippen LogP contribution < -0.4 is 10.1 Å². The summed E-state index contributed by atoms with van der Waals surface area (Å²) in [6, 6.07) is 7.35. The van der Waals surface area contributed by atoms with Crippen LogP contribution in [0.1, 0.15) is 25.0 Å². The predicted molar refractivity (Wildman–Crippen MR) is 65.5 cm³/mol. The van der Waals surface area contributed by atoms with Gasteiger partial charge >= 0.3 is 6.09 Å². The molecule has 0 saturated carbocycles. The Morgan fingerprint density at radius 1 is 1.56 bits per heavy atom. The number of aliphatic hydroxyl groups excluding tert-OH is 1. The van der Waals surface area contributed by atoms with Crippen molar-refractivity contribution in [3.63, 3.8) is 0 Å². The van der Waals surface area contributed by atoms with Gasteiger partial charge in [0.15, 0.2) is 6.10 Å². The van der Waals surface area contributed by atoms with E-state index in [-0.39, 0.29) is 12.7 Å². The highest BCUT2D eigenvalue weighted by atomic mass is 16.6. The van der Waals surface area contributed by atoms with Crippen LogP contribution >= 0.6 is 0 Å². The third kappa shape index (κ3) is 2.92. The summed E-state index contributed by atoms with van der Waals surface area (Å²) in [4.78, 5) is 10.9. The molecule has 0 bridgehead atoms. The summed E-state index contributed by atoms with van der Waals surface area (Å²) >= 11 is 0. The molecule has 0 spiro atoms. The van der Waals surface area contributed by atoms with Crippen molar-refractivity contribution in [2.45, 2.75) is 25.6 Å². The number of para-hydroxylation sites is 1. The largest absolute Gasteiger partial charge is 0.489 e. The lowest BCUT2D eigenvalue weighted by molar-refractivity contribution is 0.102. The number of benzene rings is 1. The topological polar surface area (TPSA) is 67.8 Å². The van der Waals surface area contributed by atoms with Crippen molar-refractivity contribution in [1.29, 1.82) is 0 Å². The van der Waals surface area contributed by atoms with Gasteiger partial charge in [-0.05, 0) is 12.5 Å². The van der Waals surface area contributed by atoms with Crippen LogP contribution in [0, 0.1) is 0 Å². The summed E-state index contributed by atoms with van der Waals surface area (Å²) in [7, 11) is 0. The number of cyclic esters (lactones) is 1. The highest BCUT2D eigenvalue weighted by Crippen LogP contribution is 2.27. The quantitative estimate of drug-likeness (QED) is 0.834. The number of hydrogen-bond donors (Lipinski definition) is 2. The molecule has 1 aromatic rings. The molecule has 1 saturated heterocycles. The summed E-state index contributed by atoms with van der Waals surface area (Å²) in [5.74, 6) is 0.634. The number of aliphatic hydroxyl groups is 1. The molecule has 18 heavy (non-hydrogen) atoms. The maximum Gasteiger partial charge on any atom is 0.407 e. The maximum absolute atomic E-state index is 10.9. The van der Waals surface area contributed by atoms with Crippen LogP contribution in [0.25, 0.3) is 0 Å². The molecule has 1 heterocycles. The minimum atomic E-state index is -0.537. The van der Waals surface area contributed by atoms with E-state index < -0.39 is 12.2 Å². The van der Waals surface area contributed by atoms with Crippen LogP contribution in [0.5, 0.6) is 5.75 Å². The van der Waals surface area contributed by atoms with Crippen LogP contribution in [-0.2, 0) is 4.74 Å². The minimum Gasteiger partial charge on any atom is -0.489 e. The van der Waals surface area contributed by atoms with Crippen molar-refractivity contribution < 1.29 is 19.4 Å². The third-order valence-corrected chi connectivity index (χ3v) is 2.84.